The van der Waals surface area contributed by atoms with Crippen molar-refractivity contribution >= 4 is 40.6 Å². The molecule has 1 amide bonds. The highest BCUT2D eigenvalue weighted by atomic mass is 35.5. The quantitative estimate of drug-likeness (QED) is 0.262. The van der Waals surface area contributed by atoms with Crippen molar-refractivity contribution in [3.8, 4) is 11.5 Å². The Labute approximate surface area is 193 Å². The molecule has 0 bridgehead atoms. The van der Waals surface area contributed by atoms with Crippen LogP contribution in [0.15, 0.2) is 47.6 Å². The zero-order valence-corrected chi connectivity index (χ0v) is 18.9. The second-order valence-corrected chi connectivity index (χ2v) is 7.74. The lowest BCUT2D eigenvalue weighted by Crippen LogP contribution is -2.15. The van der Waals surface area contributed by atoms with Gasteiger partial charge in [-0.2, -0.15) is 0 Å². The molecule has 3 aromatic rings. The Balaban J connectivity index is 1.60. The van der Waals surface area contributed by atoms with E-state index in [0.29, 0.717) is 34.0 Å². The lowest BCUT2D eigenvalue weighted by atomic mass is 10.2. The van der Waals surface area contributed by atoms with E-state index >= 15 is 0 Å². The summed E-state index contributed by atoms with van der Waals surface area (Å²) >= 11 is 7.10. The molecule has 2 aromatic carbocycles. The summed E-state index contributed by atoms with van der Waals surface area (Å²) in [6.07, 6.45) is 0. The van der Waals surface area contributed by atoms with Crippen LogP contribution in [0.1, 0.15) is 12.7 Å². The molecule has 0 saturated carbocycles. The number of hydrogen-bond donors (Lipinski definition) is 1. The minimum absolute atomic E-state index is 0.0658. The monoisotopic (exact) mass is 477 g/mol. The molecule has 1 heterocycles. The van der Waals surface area contributed by atoms with Gasteiger partial charge in [-0.15, -0.1) is 10.2 Å². The summed E-state index contributed by atoms with van der Waals surface area (Å²) in [6.45, 7) is 2.77. The number of halogens is 1. The SMILES string of the molecule is CCn1c(COc2ccc(Cl)cc2)nnc1SCC(=O)Nc1ccc([N+](=O)[O-])cc1OC. The molecule has 0 saturated heterocycles. The van der Waals surface area contributed by atoms with Gasteiger partial charge in [0.05, 0.1) is 29.5 Å². The van der Waals surface area contributed by atoms with Crippen LogP contribution in [0.25, 0.3) is 0 Å². The lowest BCUT2D eigenvalue weighted by molar-refractivity contribution is -0.384. The van der Waals surface area contributed by atoms with Crippen molar-refractivity contribution < 1.29 is 19.2 Å². The van der Waals surface area contributed by atoms with Crippen LogP contribution >= 0.6 is 23.4 Å². The van der Waals surface area contributed by atoms with Gasteiger partial charge in [-0.05, 0) is 37.3 Å². The summed E-state index contributed by atoms with van der Waals surface area (Å²) in [7, 11) is 1.38. The zero-order valence-electron chi connectivity index (χ0n) is 17.3. The molecule has 0 aliphatic carbocycles. The molecule has 0 atom stereocenters. The number of non-ortho nitro benzene ring substituents is 1. The Kier molecular flexibility index (Phi) is 7.90. The molecule has 12 heteroatoms. The van der Waals surface area contributed by atoms with Crippen molar-refractivity contribution in [3.05, 3.63) is 63.4 Å². The van der Waals surface area contributed by atoms with Gasteiger partial charge < -0.3 is 19.4 Å². The second-order valence-electron chi connectivity index (χ2n) is 6.36. The third kappa shape index (κ3) is 5.89. The number of nitrogens with one attached hydrogen (secondary N) is 1. The summed E-state index contributed by atoms with van der Waals surface area (Å²) in [4.78, 5) is 22.8. The number of aromatic nitrogens is 3. The van der Waals surface area contributed by atoms with Crippen LogP contribution in [0.4, 0.5) is 11.4 Å². The van der Waals surface area contributed by atoms with Crippen LogP contribution in [-0.4, -0.2) is 38.5 Å². The predicted molar refractivity (Wildman–Crippen MR) is 120 cm³/mol. The number of anilines is 1. The van der Waals surface area contributed by atoms with Crippen molar-refractivity contribution in [3.63, 3.8) is 0 Å². The average Bonchev–Trinajstić information content (AvgIpc) is 3.19. The fraction of sp³-hybridized carbons (Fsp3) is 0.250. The molecule has 0 aliphatic rings. The van der Waals surface area contributed by atoms with Gasteiger partial charge in [-0.1, -0.05) is 23.4 Å². The van der Waals surface area contributed by atoms with Gasteiger partial charge in [-0.25, -0.2) is 0 Å². The second kappa shape index (κ2) is 10.8. The molecule has 0 aliphatic heterocycles. The number of nitro benzene ring substituents is 1. The van der Waals surface area contributed by atoms with Crippen LogP contribution in [0.5, 0.6) is 11.5 Å². The molecule has 32 heavy (non-hydrogen) atoms. The molecule has 1 aromatic heterocycles. The number of carbonyl (C=O) groups excluding carboxylic acids is 1. The van der Waals surface area contributed by atoms with E-state index in [1.165, 1.54) is 37.1 Å². The van der Waals surface area contributed by atoms with Gasteiger partial charge >= 0.3 is 0 Å². The number of amides is 1. The Morgan fingerprint density at radius 1 is 1.25 bits per heavy atom. The van der Waals surface area contributed by atoms with Crippen molar-refractivity contribution in [1.82, 2.24) is 14.8 Å². The first-order chi connectivity index (χ1) is 15.4. The lowest BCUT2D eigenvalue weighted by Gasteiger charge is -2.10. The largest absolute Gasteiger partial charge is 0.494 e. The molecule has 0 fully saturated rings. The van der Waals surface area contributed by atoms with E-state index in [-0.39, 0.29) is 29.7 Å². The van der Waals surface area contributed by atoms with E-state index in [4.69, 9.17) is 21.1 Å². The molecule has 10 nitrogen and oxygen atoms in total. The van der Waals surface area contributed by atoms with Crippen molar-refractivity contribution in [1.29, 1.82) is 0 Å². The van der Waals surface area contributed by atoms with E-state index in [1.54, 1.807) is 24.3 Å². The average molecular weight is 478 g/mol. The first kappa shape index (κ1) is 23.4. The highest BCUT2D eigenvalue weighted by Crippen LogP contribution is 2.29. The predicted octanol–water partition coefficient (Wildman–Crippen LogP) is 4.18. The van der Waals surface area contributed by atoms with Gasteiger partial charge in [0.1, 0.15) is 18.1 Å². The maximum absolute atomic E-state index is 12.4. The fourth-order valence-corrected chi connectivity index (χ4v) is 3.69. The Morgan fingerprint density at radius 2 is 2.00 bits per heavy atom. The number of ether oxygens (including phenoxy) is 2. The normalized spacial score (nSPS) is 10.6. The Hall–Kier alpha value is -3.31. The van der Waals surface area contributed by atoms with Crippen LogP contribution < -0.4 is 14.8 Å². The first-order valence-corrected chi connectivity index (χ1v) is 10.8. The van der Waals surface area contributed by atoms with E-state index < -0.39 is 4.92 Å². The molecule has 0 unspecified atom stereocenters. The third-order valence-electron chi connectivity index (χ3n) is 4.29. The summed E-state index contributed by atoms with van der Waals surface area (Å²) in [5.41, 5.74) is 0.219. The highest BCUT2D eigenvalue weighted by molar-refractivity contribution is 7.99. The van der Waals surface area contributed by atoms with Crippen molar-refractivity contribution in [2.24, 2.45) is 0 Å². The highest BCUT2D eigenvalue weighted by Gasteiger charge is 2.16. The van der Waals surface area contributed by atoms with Crippen LogP contribution in [-0.2, 0) is 17.9 Å². The van der Waals surface area contributed by atoms with E-state index in [2.05, 4.69) is 15.5 Å². The standard InChI is InChI=1S/C20H20ClN5O5S/c1-3-25-18(11-31-15-7-4-13(21)5-8-15)23-24-20(25)32-12-19(27)22-16-9-6-14(26(28)29)10-17(16)30-2/h4-10H,3,11-12H2,1-2H3,(H,22,27). The van der Waals surface area contributed by atoms with Crippen LogP contribution in [0.2, 0.25) is 5.02 Å². The van der Waals surface area contributed by atoms with Gasteiger partial charge in [0.15, 0.2) is 11.0 Å². The minimum atomic E-state index is -0.532. The summed E-state index contributed by atoms with van der Waals surface area (Å²) in [6, 6.07) is 11.0. The molecule has 0 spiro atoms. The van der Waals surface area contributed by atoms with Crippen molar-refractivity contribution in [2.75, 3.05) is 18.2 Å². The number of thioether (sulfide) groups is 1. The van der Waals surface area contributed by atoms with Gasteiger partial charge in [0.25, 0.3) is 5.69 Å². The van der Waals surface area contributed by atoms with Gasteiger partial charge in [0.2, 0.25) is 5.91 Å². The number of benzene rings is 2. The summed E-state index contributed by atoms with van der Waals surface area (Å²) < 4.78 is 12.7. The number of hydrogen-bond acceptors (Lipinski definition) is 8. The molecule has 168 valence electrons. The number of nitrogens with zero attached hydrogens (tertiary/aromatic N) is 4. The molecular formula is C20H20ClN5O5S. The molecule has 1 N–H and O–H groups in total. The number of nitro groups is 1. The Bertz CT molecular complexity index is 1110. The maximum Gasteiger partial charge on any atom is 0.273 e. The van der Waals surface area contributed by atoms with Crippen LogP contribution in [0, 0.1) is 10.1 Å². The smallest absolute Gasteiger partial charge is 0.273 e. The number of rotatable bonds is 10. The van der Waals surface area contributed by atoms with E-state index in [9.17, 15) is 14.9 Å². The number of carbonyl (C=O) groups is 1. The van der Waals surface area contributed by atoms with E-state index in [0.717, 1.165) is 0 Å². The van der Waals surface area contributed by atoms with E-state index in [1.807, 2.05) is 11.5 Å². The zero-order chi connectivity index (χ0) is 23.1. The summed E-state index contributed by atoms with van der Waals surface area (Å²) in [5.74, 6) is 1.24. The van der Waals surface area contributed by atoms with Gasteiger partial charge in [0, 0.05) is 17.6 Å². The number of methoxy groups -OCH3 is 1. The summed E-state index contributed by atoms with van der Waals surface area (Å²) in [5, 5.41) is 23.1. The first-order valence-electron chi connectivity index (χ1n) is 9.46. The molecular weight excluding hydrogens is 458 g/mol. The fourth-order valence-electron chi connectivity index (χ4n) is 2.74. The third-order valence-corrected chi connectivity index (χ3v) is 5.51. The van der Waals surface area contributed by atoms with Crippen molar-refractivity contribution in [2.45, 2.75) is 25.2 Å². The maximum atomic E-state index is 12.4. The minimum Gasteiger partial charge on any atom is -0.494 e. The molecule has 0 radical (unpaired) electrons. The molecule has 3 rings (SSSR count). The van der Waals surface area contributed by atoms with Crippen LogP contribution in [0.3, 0.4) is 0 Å². The Morgan fingerprint density at radius 3 is 2.66 bits per heavy atom. The topological polar surface area (TPSA) is 121 Å². The van der Waals surface area contributed by atoms with Gasteiger partial charge in [-0.3, -0.25) is 14.9 Å².